The van der Waals surface area contributed by atoms with Crippen LogP contribution in [-0.4, -0.2) is 31.7 Å². The molecule has 0 saturated heterocycles. The summed E-state index contributed by atoms with van der Waals surface area (Å²) in [7, 11) is 1.46. The van der Waals surface area contributed by atoms with Gasteiger partial charge in [0.25, 0.3) is 11.8 Å². The quantitative estimate of drug-likeness (QED) is 0.392. The van der Waals surface area contributed by atoms with E-state index in [-0.39, 0.29) is 18.1 Å². The van der Waals surface area contributed by atoms with E-state index in [1.54, 1.807) is 42.5 Å². The average Bonchev–Trinajstić information content (AvgIpc) is 2.80. The minimum atomic E-state index is -0.474. The predicted molar refractivity (Wildman–Crippen MR) is 120 cm³/mol. The lowest BCUT2D eigenvalue weighted by Gasteiger charge is -2.12. The third-order valence-corrected chi connectivity index (χ3v) is 4.51. The molecule has 32 heavy (non-hydrogen) atoms. The first kappa shape index (κ1) is 22.8. The van der Waals surface area contributed by atoms with Gasteiger partial charge in [-0.05, 0) is 60.2 Å². The minimum absolute atomic E-state index is 0.247. The highest BCUT2D eigenvalue weighted by molar-refractivity contribution is 6.33. The van der Waals surface area contributed by atoms with Gasteiger partial charge in [0.2, 0.25) is 0 Å². The molecule has 0 fully saturated rings. The third kappa shape index (κ3) is 6.29. The third-order valence-electron chi connectivity index (χ3n) is 4.18. The molecule has 0 atom stereocenters. The Kier molecular flexibility index (Phi) is 7.77. The van der Waals surface area contributed by atoms with E-state index in [0.717, 1.165) is 0 Å². The molecule has 3 aromatic rings. The number of amides is 2. The summed E-state index contributed by atoms with van der Waals surface area (Å²) in [5.74, 6) is -0.550. The van der Waals surface area contributed by atoms with Crippen LogP contribution >= 0.6 is 11.6 Å². The molecule has 3 aromatic carbocycles. The lowest BCUT2D eigenvalue weighted by Crippen LogP contribution is -2.20. The number of para-hydroxylation sites is 1. The molecular weight excluding hydrogens is 437 g/mol. The van der Waals surface area contributed by atoms with Crippen LogP contribution in [0.15, 0.2) is 71.8 Å². The number of halogens is 2. The summed E-state index contributed by atoms with van der Waals surface area (Å²) < 4.78 is 23.8. The van der Waals surface area contributed by atoms with Crippen molar-refractivity contribution in [2.75, 3.05) is 19.0 Å². The standard InChI is InChI=1S/C23H19ClFN3O4/c1-31-21-12-15(13-26-28-23(30)16-7-9-17(25)10-8-16)6-11-20(21)32-14-22(29)27-19-5-3-2-4-18(19)24/h2-13H,14H2,1H3,(H,27,29)(H,28,30)/b26-13+. The van der Waals surface area contributed by atoms with Gasteiger partial charge in [0.1, 0.15) is 5.82 Å². The highest BCUT2D eigenvalue weighted by Crippen LogP contribution is 2.27. The van der Waals surface area contributed by atoms with Crippen LogP contribution < -0.4 is 20.2 Å². The summed E-state index contributed by atoms with van der Waals surface area (Å²) >= 11 is 6.02. The lowest BCUT2D eigenvalue weighted by molar-refractivity contribution is -0.118. The number of rotatable bonds is 8. The lowest BCUT2D eigenvalue weighted by atomic mass is 10.2. The molecule has 0 saturated carbocycles. The van der Waals surface area contributed by atoms with Crippen molar-refractivity contribution in [2.45, 2.75) is 0 Å². The summed E-state index contributed by atoms with van der Waals surface area (Å²) in [6.07, 6.45) is 1.41. The maximum atomic E-state index is 12.9. The van der Waals surface area contributed by atoms with Crippen LogP contribution in [0.2, 0.25) is 5.02 Å². The van der Waals surface area contributed by atoms with Crippen LogP contribution in [-0.2, 0) is 4.79 Å². The Morgan fingerprint density at radius 1 is 1.06 bits per heavy atom. The number of benzene rings is 3. The Balaban J connectivity index is 1.57. The van der Waals surface area contributed by atoms with Gasteiger partial charge in [0, 0.05) is 5.56 Å². The number of anilines is 1. The number of carbonyl (C=O) groups is 2. The molecule has 0 aliphatic rings. The fourth-order valence-corrected chi connectivity index (χ4v) is 2.79. The van der Waals surface area contributed by atoms with E-state index in [0.29, 0.717) is 27.8 Å². The smallest absolute Gasteiger partial charge is 0.271 e. The van der Waals surface area contributed by atoms with E-state index in [1.165, 1.54) is 37.6 Å². The van der Waals surface area contributed by atoms with E-state index in [2.05, 4.69) is 15.8 Å². The molecule has 0 radical (unpaired) electrons. The summed E-state index contributed by atoms with van der Waals surface area (Å²) in [5.41, 5.74) is 3.75. The van der Waals surface area contributed by atoms with Crippen molar-refractivity contribution in [1.82, 2.24) is 5.43 Å². The molecule has 0 aliphatic heterocycles. The van der Waals surface area contributed by atoms with Crippen molar-refractivity contribution in [3.8, 4) is 11.5 Å². The molecule has 2 N–H and O–H groups in total. The average molecular weight is 456 g/mol. The van der Waals surface area contributed by atoms with Crippen molar-refractivity contribution < 1.29 is 23.5 Å². The van der Waals surface area contributed by atoms with Crippen molar-refractivity contribution >= 4 is 35.3 Å². The molecule has 2 amide bonds. The van der Waals surface area contributed by atoms with E-state index >= 15 is 0 Å². The van der Waals surface area contributed by atoms with Gasteiger partial charge in [0.15, 0.2) is 18.1 Å². The van der Waals surface area contributed by atoms with E-state index in [4.69, 9.17) is 21.1 Å². The summed E-state index contributed by atoms with van der Waals surface area (Å²) in [5, 5.41) is 6.97. The number of ether oxygens (including phenoxy) is 2. The Morgan fingerprint density at radius 2 is 1.81 bits per heavy atom. The molecule has 3 rings (SSSR count). The van der Waals surface area contributed by atoms with Gasteiger partial charge >= 0.3 is 0 Å². The fourth-order valence-electron chi connectivity index (χ4n) is 2.61. The predicted octanol–water partition coefficient (Wildman–Crippen LogP) is 4.27. The van der Waals surface area contributed by atoms with E-state index in [9.17, 15) is 14.0 Å². The van der Waals surface area contributed by atoms with Crippen LogP contribution in [0, 0.1) is 5.82 Å². The molecule has 164 valence electrons. The van der Waals surface area contributed by atoms with Crippen molar-refractivity contribution in [3.63, 3.8) is 0 Å². The highest BCUT2D eigenvalue weighted by Gasteiger charge is 2.10. The zero-order chi connectivity index (χ0) is 22.9. The van der Waals surface area contributed by atoms with E-state index in [1.807, 2.05) is 0 Å². The van der Waals surface area contributed by atoms with Gasteiger partial charge in [-0.2, -0.15) is 5.10 Å². The molecule has 0 aliphatic carbocycles. The number of hydrogen-bond donors (Lipinski definition) is 2. The number of hydrazone groups is 1. The Hall–Kier alpha value is -3.91. The van der Waals surface area contributed by atoms with Crippen molar-refractivity contribution in [1.29, 1.82) is 0 Å². The minimum Gasteiger partial charge on any atom is -0.493 e. The van der Waals surface area contributed by atoms with Crippen molar-refractivity contribution in [2.24, 2.45) is 5.10 Å². The Morgan fingerprint density at radius 3 is 2.53 bits per heavy atom. The second-order valence-electron chi connectivity index (χ2n) is 6.43. The molecule has 0 spiro atoms. The van der Waals surface area contributed by atoms with Gasteiger partial charge in [-0.25, -0.2) is 9.82 Å². The first-order valence-electron chi connectivity index (χ1n) is 9.40. The van der Waals surface area contributed by atoms with Crippen LogP contribution in [0.3, 0.4) is 0 Å². The summed E-state index contributed by atoms with van der Waals surface area (Å²) in [4.78, 5) is 24.1. The first-order chi connectivity index (χ1) is 15.5. The monoisotopic (exact) mass is 455 g/mol. The largest absolute Gasteiger partial charge is 0.493 e. The first-order valence-corrected chi connectivity index (χ1v) is 9.78. The molecule has 0 bridgehead atoms. The van der Waals surface area contributed by atoms with Crippen LogP contribution in [0.5, 0.6) is 11.5 Å². The van der Waals surface area contributed by atoms with Crippen LogP contribution in [0.25, 0.3) is 0 Å². The summed E-state index contributed by atoms with van der Waals surface area (Å²) in [6, 6.07) is 16.9. The molecular formula is C23H19ClFN3O4. The molecule has 7 nitrogen and oxygen atoms in total. The Labute approximate surface area is 188 Å². The maximum Gasteiger partial charge on any atom is 0.271 e. The highest BCUT2D eigenvalue weighted by atomic mass is 35.5. The van der Waals surface area contributed by atoms with Gasteiger partial charge in [0.05, 0.1) is 24.0 Å². The number of hydrogen-bond acceptors (Lipinski definition) is 5. The normalized spacial score (nSPS) is 10.6. The Bertz CT molecular complexity index is 1140. The second-order valence-corrected chi connectivity index (χ2v) is 6.84. The maximum absolute atomic E-state index is 12.9. The van der Waals surface area contributed by atoms with Gasteiger partial charge in [-0.15, -0.1) is 0 Å². The zero-order valence-corrected chi connectivity index (χ0v) is 17.7. The summed E-state index contributed by atoms with van der Waals surface area (Å²) in [6.45, 7) is -0.247. The number of nitrogens with one attached hydrogen (secondary N) is 2. The van der Waals surface area contributed by atoms with Crippen LogP contribution in [0.4, 0.5) is 10.1 Å². The molecule has 9 heteroatoms. The molecule has 0 heterocycles. The van der Waals surface area contributed by atoms with Gasteiger partial charge < -0.3 is 14.8 Å². The SMILES string of the molecule is COc1cc(/C=N/NC(=O)c2ccc(F)cc2)ccc1OCC(=O)Nc1ccccc1Cl. The zero-order valence-electron chi connectivity index (χ0n) is 17.0. The van der Waals surface area contributed by atoms with Crippen LogP contribution in [0.1, 0.15) is 15.9 Å². The van der Waals surface area contributed by atoms with Crippen molar-refractivity contribution in [3.05, 3.63) is 88.7 Å². The number of nitrogens with zero attached hydrogens (tertiary/aromatic N) is 1. The number of carbonyl (C=O) groups excluding carboxylic acids is 2. The van der Waals surface area contributed by atoms with E-state index < -0.39 is 11.7 Å². The second kappa shape index (κ2) is 10.9. The van der Waals surface area contributed by atoms with Gasteiger partial charge in [-0.1, -0.05) is 23.7 Å². The number of methoxy groups -OCH3 is 1. The molecule has 0 aromatic heterocycles. The fraction of sp³-hybridized carbons (Fsp3) is 0.0870. The van der Waals surface area contributed by atoms with Gasteiger partial charge in [-0.3, -0.25) is 9.59 Å². The topological polar surface area (TPSA) is 89.0 Å². The molecule has 0 unspecified atom stereocenters.